The first-order chi connectivity index (χ1) is 6.08. The lowest BCUT2D eigenvalue weighted by Gasteiger charge is -2.39. The smallest absolute Gasteiger partial charge is 0.282 e. The molecule has 1 aromatic heterocycles. The first-order valence-electron chi connectivity index (χ1n) is 3.67. The molecule has 1 aromatic rings. The van der Waals surface area contributed by atoms with Gasteiger partial charge in [-0.25, -0.2) is 18.7 Å². The molecule has 0 aromatic carbocycles. The summed E-state index contributed by atoms with van der Waals surface area (Å²) in [6.45, 7) is -0.631. The van der Waals surface area contributed by atoms with Crippen molar-refractivity contribution in [1.29, 1.82) is 0 Å². The summed E-state index contributed by atoms with van der Waals surface area (Å²) >= 11 is 5.71. The van der Waals surface area contributed by atoms with Crippen LogP contribution in [0.15, 0.2) is 12.5 Å². The molecule has 1 fully saturated rings. The maximum absolute atomic E-state index is 12.5. The second-order valence-corrected chi connectivity index (χ2v) is 3.31. The minimum Gasteiger partial charge on any atom is -0.343 e. The maximum atomic E-state index is 12.5. The molecule has 0 spiro atoms. The number of alkyl halides is 2. The Balaban J connectivity index is 2.16. The van der Waals surface area contributed by atoms with Gasteiger partial charge in [0.25, 0.3) is 5.92 Å². The average Bonchev–Trinajstić information content (AvgIpc) is 2.01. The molecule has 2 rings (SSSR count). The third-order valence-corrected chi connectivity index (χ3v) is 2.06. The minimum absolute atomic E-state index is 0.304. The van der Waals surface area contributed by atoms with E-state index in [9.17, 15) is 8.78 Å². The quantitative estimate of drug-likeness (QED) is 0.697. The lowest BCUT2D eigenvalue weighted by Crippen LogP contribution is -2.56. The van der Waals surface area contributed by atoms with Crippen molar-refractivity contribution in [3.8, 4) is 0 Å². The summed E-state index contributed by atoms with van der Waals surface area (Å²) in [5.74, 6) is -2.23. The predicted octanol–water partition coefficient (Wildman–Crippen LogP) is 1.59. The summed E-state index contributed by atoms with van der Waals surface area (Å²) in [5, 5.41) is 0.304. The van der Waals surface area contributed by atoms with Gasteiger partial charge in [0, 0.05) is 0 Å². The van der Waals surface area contributed by atoms with E-state index in [1.54, 1.807) is 0 Å². The molecule has 0 amide bonds. The van der Waals surface area contributed by atoms with Gasteiger partial charge in [0.15, 0.2) is 5.82 Å². The van der Waals surface area contributed by atoms with E-state index in [4.69, 9.17) is 11.6 Å². The van der Waals surface area contributed by atoms with Crippen molar-refractivity contribution in [3.05, 3.63) is 17.5 Å². The minimum atomic E-state index is -2.60. The molecule has 70 valence electrons. The van der Waals surface area contributed by atoms with Gasteiger partial charge in [-0.1, -0.05) is 11.6 Å². The highest BCUT2D eigenvalue weighted by Crippen LogP contribution is 2.33. The van der Waals surface area contributed by atoms with Crippen LogP contribution in [0.25, 0.3) is 0 Å². The van der Waals surface area contributed by atoms with Crippen LogP contribution in [0.3, 0.4) is 0 Å². The van der Waals surface area contributed by atoms with Gasteiger partial charge in [0.2, 0.25) is 0 Å². The average molecular weight is 206 g/mol. The number of anilines is 1. The van der Waals surface area contributed by atoms with Crippen molar-refractivity contribution in [2.24, 2.45) is 0 Å². The predicted molar refractivity (Wildman–Crippen MR) is 44.2 cm³/mol. The summed E-state index contributed by atoms with van der Waals surface area (Å²) in [6, 6.07) is 0. The van der Waals surface area contributed by atoms with E-state index in [0.717, 1.165) is 0 Å². The van der Waals surface area contributed by atoms with E-state index >= 15 is 0 Å². The Morgan fingerprint density at radius 2 is 2.15 bits per heavy atom. The zero-order chi connectivity index (χ0) is 9.47. The molecule has 0 unspecified atom stereocenters. The molecule has 13 heavy (non-hydrogen) atoms. The topological polar surface area (TPSA) is 29.0 Å². The van der Waals surface area contributed by atoms with Gasteiger partial charge < -0.3 is 4.90 Å². The fourth-order valence-corrected chi connectivity index (χ4v) is 1.43. The van der Waals surface area contributed by atoms with Crippen LogP contribution in [0.4, 0.5) is 14.6 Å². The summed E-state index contributed by atoms with van der Waals surface area (Å²) < 4.78 is 25.0. The number of hydrogen-bond donors (Lipinski definition) is 0. The van der Waals surface area contributed by atoms with Gasteiger partial charge in [-0.15, -0.1) is 0 Å². The Morgan fingerprint density at radius 1 is 1.46 bits per heavy atom. The molecule has 0 N–H and O–H groups in total. The van der Waals surface area contributed by atoms with Crippen LogP contribution in [0, 0.1) is 0 Å². The molecular weight excluding hydrogens is 200 g/mol. The Morgan fingerprint density at radius 3 is 2.69 bits per heavy atom. The Bertz CT molecular complexity index is 323. The standard InChI is InChI=1S/C7H6ClF2N3/c8-5-1-11-4-12-6(5)13-2-7(9,10)3-13/h1,4H,2-3H2. The molecule has 0 atom stereocenters. The van der Waals surface area contributed by atoms with Gasteiger partial charge >= 0.3 is 0 Å². The van der Waals surface area contributed by atoms with E-state index in [-0.39, 0.29) is 13.1 Å². The maximum Gasteiger partial charge on any atom is 0.282 e. The summed E-state index contributed by atoms with van der Waals surface area (Å²) in [5.41, 5.74) is 0. The van der Waals surface area contributed by atoms with Gasteiger partial charge in [0.1, 0.15) is 11.3 Å². The van der Waals surface area contributed by atoms with Crippen molar-refractivity contribution in [1.82, 2.24) is 9.97 Å². The molecule has 3 nitrogen and oxygen atoms in total. The molecule has 2 heterocycles. The van der Waals surface area contributed by atoms with Crippen LogP contribution in [0.5, 0.6) is 0 Å². The van der Waals surface area contributed by atoms with Crippen molar-refractivity contribution in [2.75, 3.05) is 18.0 Å². The molecule has 1 saturated heterocycles. The number of hydrogen-bond acceptors (Lipinski definition) is 3. The van der Waals surface area contributed by atoms with E-state index in [1.165, 1.54) is 17.4 Å². The second kappa shape index (κ2) is 2.77. The number of nitrogens with zero attached hydrogens (tertiary/aromatic N) is 3. The highest BCUT2D eigenvalue weighted by Gasteiger charge is 2.45. The molecular formula is C7H6ClF2N3. The molecule has 0 radical (unpaired) electrons. The van der Waals surface area contributed by atoms with E-state index < -0.39 is 5.92 Å². The number of rotatable bonds is 1. The van der Waals surface area contributed by atoms with E-state index in [1.807, 2.05) is 0 Å². The Labute approximate surface area is 78.4 Å². The molecule has 1 aliphatic rings. The van der Waals surface area contributed by atoms with Crippen LogP contribution < -0.4 is 4.90 Å². The van der Waals surface area contributed by atoms with Crippen LogP contribution in [-0.4, -0.2) is 29.0 Å². The van der Waals surface area contributed by atoms with E-state index in [0.29, 0.717) is 10.8 Å². The Hall–Kier alpha value is -0.970. The van der Waals surface area contributed by atoms with Crippen LogP contribution in [0.2, 0.25) is 5.02 Å². The molecule has 1 aliphatic heterocycles. The van der Waals surface area contributed by atoms with Gasteiger partial charge in [-0.3, -0.25) is 0 Å². The first kappa shape index (κ1) is 8.62. The van der Waals surface area contributed by atoms with Crippen molar-refractivity contribution in [2.45, 2.75) is 5.92 Å². The number of halogens is 3. The lowest BCUT2D eigenvalue weighted by atomic mass is 10.1. The van der Waals surface area contributed by atoms with E-state index in [2.05, 4.69) is 9.97 Å². The molecule has 0 bridgehead atoms. The monoisotopic (exact) mass is 205 g/mol. The SMILES string of the molecule is FC1(F)CN(c2ncncc2Cl)C1. The third-order valence-electron chi connectivity index (χ3n) is 1.79. The number of aromatic nitrogens is 2. The van der Waals surface area contributed by atoms with Gasteiger partial charge in [0.05, 0.1) is 19.3 Å². The van der Waals surface area contributed by atoms with Crippen molar-refractivity contribution < 1.29 is 8.78 Å². The third kappa shape index (κ3) is 1.56. The molecule has 0 aliphatic carbocycles. The van der Waals surface area contributed by atoms with Gasteiger partial charge in [-0.05, 0) is 0 Å². The fraction of sp³-hybridized carbons (Fsp3) is 0.429. The van der Waals surface area contributed by atoms with Gasteiger partial charge in [-0.2, -0.15) is 0 Å². The van der Waals surface area contributed by atoms with Crippen molar-refractivity contribution >= 4 is 17.4 Å². The lowest BCUT2D eigenvalue weighted by molar-refractivity contribution is -0.0266. The zero-order valence-corrected chi connectivity index (χ0v) is 7.30. The molecule has 0 saturated carbocycles. The fourth-order valence-electron chi connectivity index (χ4n) is 1.20. The van der Waals surface area contributed by atoms with Crippen LogP contribution >= 0.6 is 11.6 Å². The second-order valence-electron chi connectivity index (χ2n) is 2.91. The summed E-state index contributed by atoms with van der Waals surface area (Å²) in [4.78, 5) is 8.90. The Kier molecular flexibility index (Phi) is 1.83. The highest BCUT2D eigenvalue weighted by molar-refractivity contribution is 6.32. The summed E-state index contributed by atoms with van der Waals surface area (Å²) in [7, 11) is 0. The normalized spacial score (nSPS) is 19.8. The summed E-state index contributed by atoms with van der Waals surface area (Å²) in [6.07, 6.45) is 2.68. The van der Waals surface area contributed by atoms with Crippen LogP contribution in [0.1, 0.15) is 0 Å². The van der Waals surface area contributed by atoms with Crippen LogP contribution in [-0.2, 0) is 0 Å². The van der Waals surface area contributed by atoms with Crippen molar-refractivity contribution in [3.63, 3.8) is 0 Å². The first-order valence-corrected chi connectivity index (χ1v) is 4.04. The highest BCUT2D eigenvalue weighted by atomic mass is 35.5. The largest absolute Gasteiger partial charge is 0.343 e. The molecule has 6 heteroatoms. The zero-order valence-electron chi connectivity index (χ0n) is 6.54.